The van der Waals surface area contributed by atoms with Gasteiger partial charge in [-0.2, -0.15) is 0 Å². The molecule has 0 aromatic heterocycles. The van der Waals surface area contributed by atoms with E-state index in [1.807, 2.05) is 0 Å². The number of benzene rings is 1. The number of nitrogens with zero attached hydrogens (tertiary/aromatic N) is 1. The molecule has 116 valence electrons. The van der Waals surface area contributed by atoms with Gasteiger partial charge in [0.1, 0.15) is 5.82 Å². The summed E-state index contributed by atoms with van der Waals surface area (Å²) in [4.78, 5) is 2.33. The van der Waals surface area contributed by atoms with E-state index in [0.717, 1.165) is 36.2 Å². The molecule has 1 spiro atoms. The fourth-order valence-corrected chi connectivity index (χ4v) is 4.84. The Morgan fingerprint density at radius 3 is 2.67 bits per heavy atom. The number of nitrogens with one attached hydrogen (secondary N) is 1. The van der Waals surface area contributed by atoms with Crippen LogP contribution < -0.4 is 10.2 Å². The minimum absolute atomic E-state index is 0.200. The molecule has 0 unspecified atom stereocenters. The van der Waals surface area contributed by atoms with Crippen LogP contribution in [0.15, 0.2) is 16.6 Å². The van der Waals surface area contributed by atoms with Crippen molar-refractivity contribution in [2.75, 3.05) is 24.5 Å². The first-order valence-corrected chi connectivity index (χ1v) is 8.91. The Morgan fingerprint density at radius 1 is 1.19 bits per heavy atom. The van der Waals surface area contributed by atoms with Crippen LogP contribution in [0.1, 0.15) is 38.5 Å². The van der Waals surface area contributed by atoms with Crippen LogP contribution in [0, 0.1) is 5.82 Å². The molecular formula is C16H21BrClFN2. The molecular weight excluding hydrogens is 355 g/mol. The van der Waals surface area contributed by atoms with Gasteiger partial charge in [0.05, 0.1) is 10.7 Å². The van der Waals surface area contributed by atoms with Crippen LogP contribution in [0.25, 0.3) is 0 Å². The Balaban J connectivity index is 1.90. The molecule has 1 aromatic rings. The molecule has 1 saturated carbocycles. The van der Waals surface area contributed by atoms with Crippen molar-refractivity contribution in [3.63, 3.8) is 0 Å². The van der Waals surface area contributed by atoms with Gasteiger partial charge in [-0.05, 0) is 53.9 Å². The molecule has 1 heterocycles. The summed E-state index contributed by atoms with van der Waals surface area (Å²) in [5.74, 6) is -0.295. The summed E-state index contributed by atoms with van der Waals surface area (Å²) >= 11 is 9.80. The SMILES string of the molecule is Fc1cc(Cl)c(N2CCCNC3(CCCCC3)C2)c(Br)c1. The summed E-state index contributed by atoms with van der Waals surface area (Å²) in [6.45, 7) is 2.96. The molecule has 1 aliphatic carbocycles. The lowest BCUT2D eigenvalue weighted by Crippen LogP contribution is -2.52. The summed E-state index contributed by atoms with van der Waals surface area (Å²) in [5, 5.41) is 4.27. The van der Waals surface area contributed by atoms with Gasteiger partial charge in [-0.25, -0.2) is 4.39 Å². The standard InChI is InChI=1S/C16H21BrClFN2/c17-13-9-12(19)10-14(18)15(13)21-8-4-7-20-16(11-21)5-2-1-3-6-16/h9-10,20H,1-8,11H2. The molecule has 2 fully saturated rings. The predicted octanol–water partition coefficient (Wildman–Crippen LogP) is 4.74. The second-order valence-electron chi connectivity index (χ2n) is 6.26. The first-order valence-electron chi connectivity index (χ1n) is 7.74. The number of hydrogen-bond donors (Lipinski definition) is 1. The number of rotatable bonds is 1. The Bertz CT molecular complexity index is 494. The van der Waals surface area contributed by atoms with E-state index < -0.39 is 0 Å². The maximum absolute atomic E-state index is 13.5. The van der Waals surface area contributed by atoms with E-state index in [4.69, 9.17) is 11.6 Å². The van der Waals surface area contributed by atoms with Gasteiger partial charge in [0.25, 0.3) is 0 Å². The highest BCUT2D eigenvalue weighted by atomic mass is 79.9. The predicted molar refractivity (Wildman–Crippen MR) is 89.8 cm³/mol. The lowest BCUT2D eigenvalue weighted by Gasteiger charge is -2.41. The molecule has 0 radical (unpaired) electrons. The molecule has 21 heavy (non-hydrogen) atoms. The smallest absolute Gasteiger partial charge is 0.125 e. The first kappa shape index (κ1) is 15.6. The zero-order valence-electron chi connectivity index (χ0n) is 12.1. The second kappa shape index (κ2) is 6.43. The molecule has 1 aromatic carbocycles. The van der Waals surface area contributed by atoms with Gasteiger partial charge in [0.15, 0.2) is 0 Å². The summed E-state index contributed by atoms with van der Waals surface area (Å²) in [7, 11) is 0. The monoisotopic (exact) mass is 374 g/mol. The molecule has 2 nitrogen and oxygen atoms in total. The van der Waals surface area contributed by atoms with Crippen LogP contribution in [0.3, 0.4) is 0 Å². The molecule has 1 saturated heterocycles. The van der Waals surface area contributed by atoms with Crippen LogP contribution in [0.4, 0.5) is 10.1 Å². The van der Waals surface area contributed by atoms with Crippen molar-refractivity contribution in [3.05, 3.63) is 27.4 Å². The van der Waals surface area contributed by atoms with E-state index >= 15 is 0 Å². The zero-order chi connectivity index (χ0) is 14.9. The first-order chi connectivity index (χ1) is 10.1. The van der Waals surface area contributed by atoms with Gasteiger partial charge in [0, 0.05) is 23.1 Å². The molecule has 3 rings (SSSR count). The van der Waals surface area contributed by atoms with Crippen molar-refractivity contribution >= 4 is 33.2 Å². The van der Waals surface area contributed by atoms with Crippen LogP contribution in [0.5, 0.6) is 0 Å². The topological polar surface area (TPSA) is 15.3 Å². The van der Waals surface area contributed by atoms with E-state index in [-0.39, 0.29) is 11.4 Å². The third-order valence-electron chi connectivity index (χ3n) is 4.71. The summed E-state index contributed by atoms with van der Waals surface area (Å²) < 4.78 is 14.2. The largest absolute Gasteiger partial charge is 0.368 e. The Kier molecular flexibility index (Phi) is 4.77. The lowest BCUT2D eigenvalue weighted by molar-refractivity contribution is 0.246. The second-order valence-corrected chi connectivity index (χ2v) is 7.52. The van der Waals surface area contributed by atoms with Crippen LogP contribution in [0.2, 0.25) is 5.02 Å². The molecule has 2 aliphatic rings. The quantitative estimate of drug-likeness (QED) is 0.762. The van der Waals surface area contributed by atoms with Crippen LogP contribution in [-0.2, 0) is 0 Å². The molecule has 0 bridgehead atoms. The highest BCUT2D eigenvalue weighted by Gasteiger charge is 2.35. The highest BCUT2D eigenvalue weighted by Crippen LogP contribution is 2.38. The molecule has 1 N–H and O–H groups in total. The Hall–Kier alpha value is -0.320. The van der Waals surface area contributed by atoms with Gasteiger partial charge in [0.2, 0.25) is 0 Å². The van der Waals surface area contributed by atoms with Crippen molar-refractivity contribution in [2.45, 2.75) is 44.1 Å². The van der Waals surface area contributed by atoms with Crippen LogP contribution in [-0.4, -0.2) is 25.2 Å². The zero-order valence-corrected chi connectivity index (χ0v) is 14.4. The van der Waals surface area contributed by atoms with Crippen molar-refractivity contribution in [2.24, 2.45) is 0 Å². The maximum Gasteiger partial charge on any atom is 0.125 e. The number of hydrogen-bond acceptors (Lipinski definition) is 2. The van der Waals surface area contributed by atoms with Crippen molar-refractivity contribution in [1.82, 2.24) is 5.32 Å². The van der Waals surface area contributed by atoms with E-state index in [1.54, 1.807) is 0 Å². The molecule has 5 heteroatoms. The Morgan fingerprint density at radius 2 is 1.95 bits per heavy atom. The molecule has 0 amide bonds. The van der Waals surface area contributed by atoms with Crippen molar-refractivity contribution in [3.8, 4) is 0 Å². The average Bonchev–Trinajstić information content (AvgIpc) is 2.61. The van der Waals surface area contributed by atoms with E-state index in [1.165, 1.54) is 44.2 Å². The fraction of sp³-hybridized carbons (Fsp3) is 0.625. The van der Waals surface area contributed by atoms with Crippen LogP contribution >= 0.6 is 27.5 Å². The summed E-state index contributed by atoms with van der Waals surface area (Å²) in [6.07, 6.45) is 7.45. The number of halogens is 3. The molecule has 1 aliphatic heterocycles. The van der Waals surface area contributed by atoms with E-state index in [2.05, 4.69) is 26.1 Å². The van der Waals surface area contributed by atoms with Gasteiger partial charge in [-0.3, -0.25) is 0 Å². The Labute approximate surface area is 139 Å². The minimum Gasteiger partial charge on any atom is -0.368 e. The van der Waals surface area contributed by atoms with E-state index in [0.29, 0.717) is 5.02 Å². The van der Waals surface area contributed by atoms with Crippen molar-refractivity contribution in [1.29, 1.82) is 0 Å². The average molecular weight is 376 g/mol. The lowest BCUT2D eigenvalue weighted by atomic mass is 9.81. The minimum atomic E-state index is -0.295. The third-order valence-corrected chi connectivity index (χ3v) is 5.60. The third kappa shape index (κ3) is 3.38. The van der Waals surface area contributed by atoms with E-state index in [9.17, 15) is 4.39 Å². The van der Waals surface area contributed by atoms with Gasteiger partial charge >= 0.3 is 0 Å². The maximum atomic E-state index is 13.5. The summed E-state index contributed by atoms with van der Waals surface area (Å²) in [6, 6.07) is 2.92. The fourth-order valence-electron chi connectivity index (χ4n) is 3.71. The summed E-state index contributed by atoms with van der Waals surface area (Å²) in [5.41, 5.74) is 1.14. The van der Waals surface area contributed by atoms with Crippen molar-refractivity contribution < 1.29 is 4.39 Å². The van der Waals surface area contributed by atoms with Gasteiger partial charge < -0.3 is 10.2 Å². The number of anilines is 1. The van der Waals surface area contributed by atoms with Gasteiger partial charge in [-0.15, -0.1) is 0 Å². The van der Waals surface area contributed by atoms with Gasteiger partial charge in [-0.1, -0.05) is 30.9 Å². The molecule has 0 atom stereocenters. The normalized spacial score (nSPS) is 22.3. The highest BCUT2D eigenvalue weighted by molar-refractivity contribution is 9.10.